The number of rotatable bonds is 7. The molecule has 1 unspecified atom stereocenters. The highest BCUT2D eigenvalue weighted by molar-refractivity contribution is 7.08. The minimum absolute atomic E-state index is 0.105. The summed E-state index contributed by atoms with van der Waals surface area (Å²) >= 11 is 1.57. The lowest BCUT2D eigenvalue weighted by atomic mass is 10.1. The van der Waals surface area contributed by atoms with Crippen LogP contribution >= 0.6 is 11.3 Å². The number of thiophene rings is 1. The highest BCUT2D eigenvalue weighted by Gasteiger charge is 2.21. The predicted octanol–water partition coefficient (Wildman–Crippen LogP) is 3.37. The molecule has 0 aliphatic rings. The fourth-order valence-corrected chi connectivity index (χ4v) is 3.55. The summed E-state index contributed by atoms with van der Waals surface area (Å²) in [5, 5.41) is 11.0. The largest absolute Gasteiger partial charge is 0.342 e. The maximum Gasteiger partial charge on any atom is 0.227 e. The van der Waals surface area contributed by atoms with Gasteiger partial charge in [-0.25, -0.2) is 4.98 Å². The van der Waals surface area contributed by atoms with Gasteiger partial charge in [-0.1, -0.05) is 35.5 Å². The summed E-state index contributed by atoms with van der Waals surface area (Å²) in [6, 6.07) is 11.4. The Morgan fingerprint density at radius 3 is 2.86 bits per heavy atom. The van der Waals surface area contributed by atoms with Crippen molar-refractivity contribution in [2.24, 2.45) is 7.05 Å². The average Bonchev–Trinajstić information content (AvgIpc) is 3.47. The van der Waals surface area contributed by atoms with E-state index < -0.39 is 0 Å². The molecule has 4 rings (SSSR count). The zero-order valence-corrected chi connectivity index (χ0v) is 16.1. The number of carbonyl (C=O) groups excluding carboxylic acids is 1. The summed E-state index contributed by atoms with van der Waals surface area (Å²) < 4.78 is 7.17. The molecular weight excluding hydrogens is 374 g/mol. The Kier molecular flexibility index (Phi) is 5.29. The van der Waals surface area contributed by atoms with Crippen molar-refractivity contribution in [2.75, 3.05) is 0 Å². The molecule has 1 atom stereocenters. The molecule has 3 heterocycles. The lowest BCUT2D eigenvalue weighted by Gasteiger charge is -2.19. The van der Waals surface area contributed by atoms with Crippen LogP contribution in [0, 0.1) is 0 Å². The molecule has 0 spiro atoms. The van der Waals surface area contributed by atoms with Crippen LogP contribution in [0.2, 0.25) is 0 Å². The van der Waals surface area contributed by atoms with Crippen molar-refractivity contribution in [1.82, 2.24) is 25.0 Å². The normalized spacial score (nSPS) is 12.0. The van der Waals surface area contributed by atoms with Gasteiger partial charge in [-0.15, -0.1) is 0 Å². The van der Waals surface area contributed by atoms with Gasteiger partial charge >= 0.3 is 0 Å². The molecule has 7 nitrogen and oxygen atoms in total. The number of imidazole rings is 1. The van der Waals surface area contributed by atoms with Crippen molar-refractivity contribution in [3.05, 3.63) is 76.8 Å². The van der Waals surface area contributed by atoms with Crippen LogP contribution in [-0.4, -0.2) is 25.6 Å². The average molecular weight is 393 g/mol. The van der Waals surface area contributed by atoms with Gasteiger partial charge in [0.1, 0.15) is 11.9 Å². The third-order valence-electron chi connectivity index (χ3n) is 4.37. The summed E-state index contributed by atoms with van der Waals surface area (Å²) in [5.41, 5.74) is 1.89. The molecular formula is C20H19N5O2S. The van der Waals surface area contributed by atoms with E-state index in [1.165, 1.54) is 0 Å². The fourth-order valence-electron chi connectivity index (χ4n) is 2.92. The highest BCUT2D eigenvalue weighted by Crippen LogP contribution is 2.21. The Morgan fingerprint density at radius 2 is 2.14 bits per heavy atom. The van der Waals surface area contributed by atoms with E-state index in [1.807, 2.05) is 65.0 Å². The summed E-state index contributed by atoms with van der Waals surface area (Å²) in [6.07, 6.45) is 4.22. The molecule has 1 amide bonds. The standard InChI is InChI=1S/C20H19N5O2S/c1-25-11-10-21-20(25)18(14-5-3-2-4-6-14)22-16(26)7-8-17-23-19(24-27-17)15-9-12-28-13-15/h2-6,9-13,18H,7-8H2,1H3,(H,22,26). The SMILES string of the molecule is Cn1ccnc1C(NC(=O)CCc1nc(-c2ccsc2)no1)c1ccccc1. The maximum absolute atomic E-state index is 12.6. The van der Waals surface area contributed by atoms with Crippen LogP contribution in [0.3, 0.4) is 0 Å². The molecule has 4 aromatic rings. The first kappa shape index (κ1) is 18.1. The van der Waals surface area contributed by atoms with Gasteiger partial charge in [0.15, 0.2) is 0 Å². The predicted molar refractivity (Wildman–Crippen MR) is 106 cm³/mol. The van der Waals surface area contributed by atoms with Gasteiger partial charge in [-0.3, -0.25) is 4.79 Å². The van der Waals surface area contributed by atoms with Gasteiger partial charge in [-0.05, 0) is 17.0 Å². The molecule has 0 saturated heterocycles. The van der Waals surface area contributed by atoms with Crippen LogP contribution in [0.1, 0.15) is 29.7 Å². The number of carbonyl (C=O) groups is 1. The Morgan fingerprint density at radius 1 is 1.29 bits per heavy atom. The number of benzene rings is 1. The van der Waals surface area contributed by atoms with Crippen molar-refractivity contribution < 1.29 is 9.32 Å². The van der Waals surface area contributed by atoms with Crippen molar-refractivity contribution in [3.8, 4) is 11.4 Å². The van der Waals surface area contributed by atoms with Crippen LogP contribution in [0.5, 0.6) is 0 Å². The zero-order chi connectivity index (χ0) is 19.3. The fraction of sp³-hybridized carbons (Fsp3) is 0.200. The Bertz CT molecular complexity index is 1040. The van der Waals surface area contributed by atoms with Gasteiger partial charge in [0.2, 0.25) is 17.6 Å². The van der Waals surface area contributed by atoms with Crippen molar-refractivity contribution >= 4 is 17.2 Å². The highest BCUT2D eigenvalue weighted by atomic mass is 32.1. The number of amides is 1. The molecule has 3 aromatic heterocycles. The minimum Gasteiger partial charge on any atom is -0.342 e. The van der Waals surface area contributed by atoms with Crippen LogP contribution < -0.4 is 5.32 Å². The minimum atomic E-state index is -0.322. The van der Waals surface area contributed by atoms with Gasteiger partial charge in [0.05, 0.1) is 0 Å². The second-order valence-electron chi connectivity index (χ2n) is 6.33. The number of hydrogen-bond acceptors (Lipinski definition) is 6. The third-order valence-corrected chi connectivity index (χ3v) is 5.05. The quantitative estimate of drug-likeness (QED) is 0.520. The van der Waals surface area contributed by atoms with E-state index in [0.29, 0.717) is 18.1 Å². The molecule has 8 heteroatoms. The van der Waals surface area contributed by atoms with Crippen LogP contribution in [0.15, 0.2) is 64.1 Å². The van der Waals surface area contributed by atoms with E-state index >= 15 is 0 Å². The smallest absolute Gasteiger partial charge is 0.227 e. The van der Waals surface area contributed by atoms with E-state index in [-0.39, 0.29) is 18.4 Å². The molecule has 0 saturated carbocycles. The first-order chi connectivity index (χ1) is 13.7. The number of nitrogens with one attached hydrogen (secondary N) is 1. The van der Waals surface area contributed by atoms with E-state index in [0.717, 1.165) is 17.0 Å². The molecule has 0 fully saturated rings. The van der Waals surface area contributed by atoms with Gasteiger partial charge in [0, 0.05) is 43.2 Å². The summed E-state index contributed by atoms with van der Waals surface area (Å²) in [7, 11) is 1.91. The summed E-state index contributed by atoms with van der Waals surface area (Å²) in [5.74, 6) is 1.67. The van der Waals surface area contributed by atoms with Gasteiger partial charge < -0.3 is 14.4 Å². The first-order valence-electron chi connectivity index (χ1n) is 8.87. The van der Waals surface area contributed by atoms with E-state index in [1.54, 1.807) is 17.5 Å². The topological polar surface area (TPSA) is 85.8 Å². The van der Waals surface area contributed by atoms with Crippen molar-refractivity contribution in [3.63, 3.8) is 0 Å². The maximum atomic E-state index is 12.6. The van der Waals surface area contributed by atoms with Gasteiger partial charge in [0.25, 0.3) is 0 Å². The Labute approximate surface area is 166 Å². The number of aryl methyl sites for hydroxylation is 2. The second kappa shape index (κ2) is 8.18. The lowest BCUT2D eigenvalue weighted by molar-refractivity contribution is -0.121. The summed E-state index contributed by atoms with van der Waals surface area (Å²) in [4.78, 5) is 21.4. The molecule has 0 aliphatic heterocycles. The van der Waals surface area contributed by atoms with Crippen LogP contribution in [0.25, 0.3) is 11.4 Å². The second-order valence-corrected chi connectivity index (χ2v) is 7.11. The molecule has 1 N–H and O–H groups in total. The lowest BCUT2D eigenvalue weighted by Crippen LogP contribution is -2.31. The van der Waals surface area contributed by atoms with E-state index in [4.69, 9.17) is 4.52 Å². The third kappa shape index (κ3) is 4.01. The number of nitrogens with zero attached hydrogens (tertiary/aromatic N) is 4. The Hall–Kier alpha value is -3.26. The molecule has 0 radical (unpaired) electrons. The number of hydrogen-bond donors (Lipinski definition) is 1. The van der Waals surface area contributed by atoms with Gasteiger partial charge in [-0.2, -0.15) is 16.3 Å². The van der Waals surface area contributed by atoms with Crippen molar-refractivity contribution in [1.29, 1.82) is 0 Å². The first-order valence-corrected chi connectivity index (χ1v) is 9.81. The van der Waals surface area contributed by atoms with Crippen LogP contribution in [-0.2, 0) is 18.3 Å². The Balaban J connectivity index is 1.43. The molecule has 1 aromatic carbocycles. The molecule has 0 aliphatic carbocycles. The zero-order valence-electron chi connectivity index (χ0n) is 15.3. The molecule has 142 valence electrons. The van der Waals surface area contributed by atoms with E-state index in [2.05, 4.69) is 20.4 Å². The summed E-state index contributed by atoms with van der Waals surface area (Å²) in [6.45, 7) is 0. The molecule has 0 bridgehead atoms. The van der Waals surface area contributed by atoms with E-state index in [9.17, 15) is 4.79 Å². The van der Waals surface area contributed by atoms with Crippen LogP contribution in [0.4, 0.5) is 0 Å². The number of aromatic nitrogens is 4. The van der Waals surface area contributed by atoms with Crippen molar-refractivity contribution in [2.45, 2.75) is 18.9 Å². The monoisotopic (exact) mass is 393 g/mol. The molecule has 28 heavy (non-hydrogen) atoms.